The Morgan fingerprint density at radius 2 is 1.94 bits per heavy atom. The van der Waals surface area contributed by atoms with Crippen molar-refractivity contribution < 1.29 is 0 Å². The number of benzene rings is 1. The zero-order chi connectivity index (χ0) is 11.8. The number of nitrogens with one attached hydrogen (secondary N) is 1. The minimum absolute atomic E-state index is 0.531. The van der Waals surface area contributed by atoms with Crippen molar-refractivity contribution in [2.45, 2.75) is 39.2 Å². The lowest BCUT2D eigenvalue weighted by molar-refractivity contribution is 0.528. The maximum atomic E-state index is 3.36. The number of rotatable bonds is 5. The van der Waals surface area contributed by atoms with E-state index in [0.29, 0.717) is 6.04 Å². The van der Waals surface area contributed by atoms with Gasteiger partial charge in [-0.15, -0.1) is 11.8 Å². The van der Waals surface area contributed by atoms with Gasteiger partial charge in [-0.25, -0.2) is 0 Å². The predicted molar refractivity (Wildman–Crippen MR) is 70.4 cm³/mol. The van der Waals surface area contributed by atoms with Crippen LogP contribution in [-0.4, -0.2) is 13.1 Å². The van der Waals surface area contributed by atoms with Gasteiger partial charge < -0.3 is 5.32 Å². The lowest BCUT2D eigenvalue weighted by Crippen LogP contribution is -2.27. The van der Waals surface area contributed by atoms with Crippen LogP contribution in [0.2, 0.25) is 0 Å². The van der Waals surface area contributed by atoms with E-state index in [2.05, 4.69) is 48.3 Å². The number of likely N-dealkylation sites (N-methyl/N-ethyl adjacent to an activating group) is 1. The van der Waals surface area contributed by atoms with Gasteiger partial charge in [0.15, 0.2) is 0 Å². The first-order chi connectivity index (χ1) is 7.76. The van der Waals surface area contributed by atoms with Gasteiger partial charge in [0.05, 0.1) is 0 Å². The van der Waals surface area contributed by atoms with Crippen LogP contribution < -0.4 is 5.32 Å². The van der Waals surface area contributed by atoms with Crippen molar-refractivity contribution in [2.24, 2.45) is 0 Å². The average molecular weight is 215 g/mol. The summed E-state index contributed by atoms with van der Waals surface area (Å²) in [5, 5.41) is 3.36. The largest absolute Gasteiger partial charge is 0.317 e. The molecule has 0 aliphatic rings. The fourth-order valence-electron chi connectivity index (χ4n) is 1.73. The molecule has 1 N–H and O–H groups in total. The van der Waals surface area contributed by atoms with E-state index in [1.807, 2.05) is 14.0 Å². The minimum Gasteiger partial charge on any atom is -0.317 e. The maximum Gasteiger partial charge on any atom is 0.0113 e. The zero-order valence-electron chi connectivity index (χ0n) is 10.5. The SMILES string of the molecule is CC#CCCC(Cc1ccc(C)cc1)NC. The molecule has 0 saturated carbocycles. The van der Waals surface area contributed by atoms with Gasteiger partial charge in [0.25, 0.3) is 0 Å². The Hall–Kier alpha value is -1.26. The summed E-state index contributed by atoms with van der Waals surface area (Å²) in [5.41, 5.74) is 2.72. The first kappa shape index (κ1) is 12.8. The topological polar surface area (TPSA) is 12.0 Å². The van der Waals surface area contributed by atoms with Crippen molar-refractivity contribution in [3.8, 4) is 11.8 Å². The fraction of sp³-hybridized carbons (Fsp3) is 0.467. The van der Waals surface area contributed by atoms with Crippen molar-refractivity contribution in [2.75, 3.05) is 7.05 Å². The van der Waals surface area contributed by atoms with E-state index in [-0.39, 0.29) is 0 Å². The van der Waals surface area contributed by atoms with Gasteiger partial charge in [0.2, 0.25) is 0 Å². The summed E-state index contributed by atoms with van der Waals surface area (Å²) in [6, 6.07) is 9.31. The molecule has 0 amide bonds. The Balaban J connectivity index is 2.48. The smallest absolute Gasteiger partial charge is 0.0113 e. The second-order valence-electron chi connectivity index (χ2n) is 4.14. The van der Waals surface area contributed by atoms with E-state index in [0.717, 1.165) is 19.3 Å². The van der Waals surface area contributed by atoms with Gasteiger partial charge in [-0.05, 0) is 39.3 Å². The average Bonchev–Trinajstić information content (AvgIpc) is 2.31. The van der Waals surface area contributed by atoms with Crippen LogP contribution in [0.4, 0.5) is 0 Å². The standard InChI is InChI=1S/C15H21N/c1-4-5-6-7-15(16-3)12-14-10-8-13(2)9-11-14/h8-11,15-16H,6-7,12H2,1-3H3. The molecule has 0 fully saturated rings. The molecular formula is C15H21N. The summed E-state index contributed by atoms with van der Waals surface area (Å²) in [5.74, 6) is 6.06. The molecule has 86 valence electrons. The summed E-state index contributed by atoms with van der Waals surface area (Å²) in [7, 11) is 2.03. The van der Waals surface area contributed by atoms with Crippen LogP contribution in [0.3, 0.4) is 0 Å². The Morgan fingerprint density at radius 3 is 2.50 bits per heavy atom. The summed E-state index contributed by atoms with van der Waals surface area (Å²) >= 11 is 0. The molecule has 1 rings (SSSR count). The molecule has 1 aromatic carbocycles. The number of hydrogen-bond donors (Lipinski definition) is 1. The third-order valence-corrected chi connectivity index (χ3v) is 2.81. The minimum atomic E-state index is 0.531. The normalized spacial score (nSPS) is 11.7. The third kappa shape index (κ3) is 4.51. The van der Waals surface area contributed by atoms with E-state index in [1.165, 1.54) is 11.1 Å². The van der Waals surface area contributed by atoms with Crippen LogP contribution >= 0.6 is 0 Å². The lowest BCUT2D eigenvalue weighted by atomic mass is 10.0. The van der Waals surface area contributed by atoms with Crippen molar-refractivity contribution in [1.29, 1.82) is 0 Å². The molecule has 0 radical (unpaired) electrons. The van der Waals surface area contributed by atoms with Gasteiger partial charge in [-0.1, -0.05) is 29.8 Å². The summed E-state index contributed by atoms with van der Waals surface area (Å²) in [6.07, 6.45) is 3.18. The van der Waals surface area contributed by atoms with E-state index in [9.17, 15) is 0 Å². The first-order valence-corrected chi connectivity index (χ1v) is 5.88. The molecule has 1 aromatic rings. The van der Waals surface area contributed by atoms with Gasteiger partial charge in [-0.2, -0.15) is 0 Å². The molecule has 0 aromatic heterocycles. The van der Waals surface area contributed by atoms with Gasteiger partial charge in [-0.3, -0.25) is 0 Å². The van der Waals surface area contributed by atoms with E-state index in [4.69, 9.17) is 0 Å². The molecule has 1 unspecified atom stereocenters. The predicted octanol–water partition coefficient (Wildman–Crippen LogP) is 2.93. The van der Waals surface area contributed by atoms with E-state index in [1.54, 1.807) is 0 Å². The molecular weight excluding hydrogens is 194 g/mol. The maximum absolute atomic E-state index is 3.36. The molecule has 0 heterocycles. The molecule has 0 saturated heterocycles. The van der Waals surface area contributed by atoms with Crippen LogP contribution in [0.15, 0.2) is 24.3 Å². The second kappa shape index (κ2) is 7.09. The Kier molecular flexibility index (Phi) is 5.67. The van der Waals surface area contributed by atoms with Crippen molar-refractivity contribution in [1.82, 2.24) is 5.32 Å². The van der Waals surface area contributed by atoms with Crippen LogP contribution in [0.1, 0.15) is 30.9 Å². The molecule has 0 aliphatic heterocycles. The Morgan fingerprint density at radius 1 is 1.25 bits per heavy atom. The van der Waals surface area contributed by atoms with Gasteiger partial charge in [0.1, 0.15) is 0 Å². The van der Waals surface area contributed by atoms with Gasteiger partial charge in [0, 0.05) is 12.5 Å². The Labute approximate surface area is 99.3 Å². The highest BCUT2D eigenvalue weighted by atomic mass is 14.9. The third-order valence-electron chi connectivity index (χ3n) is 2.81. The van der Waals surface area contributed by atoms with Gasteiger partial charge >= 0.3 is 0 Å². The molecule has 16 heavy (non-hydrogen) atoms. The summed E-state index contributed by atoms with van der Waals surface area (Å²) in [6.45, 7) is 4.02. The molecule has 1 atom stereocenters. The molecule has 0 aliphatic carbocycles. The van der Waals surface area contributed by atoms with Crippen LogP contribution in [0.25, 0.3) is 0 Å². The summed E-state index contributed by atoms with van der Waals surface area (Å²) in [4.78, 5) is 0. The molecule has 1 nitrogen and oxygen atoms in total. The second-order valence-corrected chi connectivity index (χ2v) is 4.14. The highest BCUT2D eigenvalue weighted by Gasteiger charge is 2.05. The molecule has 0 bridgehead atoms. The van der Waals surface area contributed by atoms with E-state index >= 15 is 0 Å². The highest BCUT2D eigenvalue weighted by Crippen LogP contribution is 2.08. The van der Waals surface area contributed by atoms with Crippen LogP contribution in [0.5, 0.6) is 0 Å². The molecule has 0 spiro atoms. The van der Waals surface area contributed by atoms with Crippen molar-refractivity contribution >= 4 is 0 Å². The monoisotopic (exact) mass is 215 g/mol. The van der Waals surface area contributed by atoms with Crippen molar-refractivity contribution in [3.05, 3.63) is 35.4 Å². The Bertz CT molecular complexity index is 353. The zero-order valence-corrected chi connectivity index (χ0v) is 10.5. The quantitative estimate of drug-likeness (QED) is 0.745. The van der Waals surface area contributed by atoms with Crippen LogP contribution in [-0.2, 0) is 6.42 Å². The molecule has 1 heteroatoms. The first-order valence-electron chi connectivity index (χ1n) is 5.88. The van der Waals surface area contributed by atoms with Crippen molar-refractivity contribution in [3.63, 3.8) is 0 Å². The summed E-state index contributed by atoms with van der Waals surface area (Å²) < 4.78 is 0. The fourth-order valence-corrected chi connectivity index (χ4v) is 1.73. The number of hydrogen-bond acceptors (Lipinski definition) is 1. The lowest BCUT2D eigenvalue weighted by Gasteiger charge is -2.14. The highest BCUT2D eigenvalue weighted by molar-refractivity contribution is 5.22. The van der Waals surface area contributed by atoms with Crippen LogP contribution in [0, 0.1) is 18.8 Å². The van der Waals surface area contributed by atoms with E-state index < -0.39 is 0 Å². The number of aryl methyl sites for hydroxylation is 1.